The van der Waals surface area contributed by atoms with E-state index >= 15 is 0 Å². The molecule has 8 heteroatoms. The molecule has 0 saturated carbocycles. The Hall–Kier alpha value is -3.13. The van der Waals surface area contributed by atoms with Crippen LogP contribution in [0.3, 0.4) is 0 Å². The summed E-state index contributed by atoms with van der Waals surface area (Å²) in [5.41, 5.74) is -0.804. The summed E-state index contributed by atoms with van der Waals surface area (Å²) in [7, 11) is 7.53. The molecule has 1 fully saturated rings. The van der Waals surface area contributed by atoms with Crippen molar-refractivity contribution in [3.63, 3.8) is 0 Å². The Balaban J connectivity index is 2.13. The maximum absolute atomic E-state index is 12.3. The van der Waals surface area contributed by atoms with Crippen LogP contribution in [0, 0.1) is 0 Å². The molecular formula is C20H23NO7. The van der Waals surface area contributed by atoms with E-state index in [1.54, 1.807) is 36.4 Å². The largest absolute Gasteiger partial charge is 0.493 e. The van der Waals surface area contributed by atoms with Crippen LogP contribution in [0.2, 0.25) is 0 Å². The summed E-state index contributed by atoms with van der Waals surface area (Å²) in [6, 6.07) is 10.0. The second-order valence-electron chi connectivity index (χ2n) is 6.23. The summed E-state index contributed by atoms with van der Waals surface area (Å²) in [5.74, 6) is 1.91. The van der Waals surface area contributed by atoms with Crippen LogP contribution >= 0.6 is 0 Å². The van der Waals surface area contributed by atoms with Gasteiger partial charge in [0.1, 0.15) is 0 Å². The van der Waals surface area contributed by atoms with E-state index in [0.29, 0.717) is 34.1 Å². The number of aliphatic hydroxyl groups is 1. The van der Waals surface area contributed by atoms with Gasteiger partial charge >= 0.3 is 6.09 Å². The standard InChI is InChI=1S/C20H23NO7/c1-21-19(22)28-18(12-6-8-14(24-2)16(10-12)26-4)20(21,23)13-7-9-15(25-3)17(11-13)27-5/h6-11,18,23H,1-5H3/t18-,20-/m0/s1. The molecule has 1 N–H and O–H groups in total. The zero-order valence-corrected chi connectivity index (χ0v) is 16.4. The van der Waals surface area contributed by atoms with Crippen molar-refractivity contribution < 1.29 is 33.6 Å². The summed E-state index contributed by atoms with van der Waals surface area (Å²) in [6.45, 7) is 0. The first kappa shape index (κ1) is 19.6. The minimum Gasteiger partial charge on any atom is -0.493 e. The van der Waals surface area contributed by atoms with E-state index < -0.39 is 17.9 Å². The minimum absolute atomic E-state index is 0.415. The smallest absolute Gasteiger partial charge is 0.412 e. The number of rotatable bonds is 6. The molecule has 2 atom stereocenters. The van der Waals surface area contributed by atoms with Crippen molar-refractivity contribution in [1.82, 2.24) is 4.90 Å². The molecule has 2 aromatic rings. The van der Waals surface area contributed by atoms with Gasteiger partial charge in [0.25, 0.3) is 0 Å². The molecule has 1 heterocycles. The predicted molar refractivity (Wildman–Crippen MR) is 100.0 cm³/mol. The third kappa shape index (κ3) is 2.95. The lowest BCUT2D eigenvalue weighted by Gasteiger charge is -2.33. The Labute approximate surface area is 163 Å². The maximum Gasteiger partial charge on any atom is 0.412 e. The zero-order valence-electron chi connectivity index (χ0n) is 16.4. The molecule has 0 aliphatic carbocycles. The van der Waals surface area contributed by atoms with Crippen molar-refractivity contribution >= 4 is 6.09 Å². The number of nitrogens with zero attached hydrogens (tertiary/aromatic N) is 1. The molecule has 1 amide bonds. The number of benzene rings is 2. The number of hydrogen-bond donors (Lipinski definition) is 1. The van der Waals surface area contributed by atoms with Crippen LogP contribution in [-0.4, -0.2) is 51.6 Å². The van der Waals surface area contributed by atoms with Gasteiger partial charge in [0, 0.05) is 18.2 Å². The number of cyclic esters (lactones) is 1. The highest BCUT2D eigenvalue weighted by Gasteiger charge is 2.54. The zero-order chi connectivity index (χ0) is 20.5. The van der Waals surface area contributed by atoms with E-state index in [1.165, 1.54) is 35.5 Å². The van der Waals surface area contributed by atoms with Gasteiger partial charge in [-0.15, -0.1) is 0 Å². The van der Waals surface area contributed by atoms with Gasteiger partial charge in [0.2, 0.25) is 5.72 Å². The highest BCUT2D eigenvalue weighted by atomic mass is 16.6. The minimum atomic E-state index is -1.77. The lowest BCUT2D eigenvalue weighted by Crippen LogP contribution is -2.43. The molecule has 8 nitrogen and oxygen atoms in total. The first-order valence-corrected chi connectivity index (χ1v) is 8.51. The molecule has 0 radical (unpaired) electrons. The van der Waals surface area contributed by atoms with Crippen molar-refractivity contribution in [3.8, 4) is 23.0 Å². The fourth-order valence-corrected chi connectivity index (χ4v) is 3.30. The topological polar surface area (TPSA) is 86.7 Å². The van der Waals surface area contributed by atoms with Gasteiger partial charge in [-0.1, -0.05) is 12.1 Å². The molecule has 150 valence electrons. The molecular weight excluding hydrogens is 366 g/mol. The molecule has 0 spiro atoms. The average molecular weight is 389 g/mol. The molecule has 0 unspecified atom stereocenters. The Kier molecular flexibility index (Phi) is 5.24. The van der Waals surface area contributed by atoms with Crippen LogP contribution in [0.4, 0.5) is 4.79 Å². The summed E-state index contributed by atoms with van der Waals surface area (Å²) in [6.07, 6.45) is -1.65. The first-order chi connectivity index (χ1) is 13.4. The highest BCUT2D eigenvalue weighted by Crippen LogP contribution is 2.48. The second kappa shape index (κ2) is 7.47. The van der Waals surface area contributed by atoms with Gasteiger partial charge in [-0.2, -0.15) is 0 Å². The van der Waals surface area contributed by atoms with Crippen molar-refractivity contribution in [3.05, 3.63) is 47.5 Å². The first-order valence-electron chi connectivity index (χ1n) is 8.51. The quantitative estimate of drug-likeness (QED) is 0.813. The van der Waals surface area contributed by atoms with Gasteiger partial charge in [-0.3, -0.25) is 4.90 Å². The van der Waals surface area contributed by atoms with Crippen LogP contribution in [0.25, 0.3) is 0 Å². The van der Waals surface area contributed by atoms with Crippen LogP contribution in [0.15, 0.2) is 36.4 Å². The maximum atomic E-state index is 12.3. The summed E-state index contributed by atoms with van der Waals surface area (Å²) in [4.78, 5) is 13.5. The summed E-state index contributed by atoms with van der Waals surface area (Å²) < 4.78 is 26.7. The van der Waals surface area contributed by atoms with E-state index in [4.69, 9.17) is 23.7 Å². The Morgan fingerprint density at radius 2 is 1.43 bits per heavy atom. The average Bonchev–Trinajstić information content (AvgIpc) is 2.97. The Bertz CT molecular complexity index is 885. The monoisotopic (exact) mass is 389 g/mol. The number of likely N-dealkylation sites (N-methyl/N-ethyl adjacent to an activating group) is 1. The van der Waals surface area contributed by atoms with Crippen LogP contribution in [-0.2, 0) is 10.5 Å². The number of carbonyl (C=O) groups excluding carboxylic acids is 1. The summed E-state index contributed by atoms with van der Waals surface area (Å²) >= 11 is 0. The molecule has 0 bridgehead atoms. The SMILES string of the molecule is COc1ccc([C@@H]2OC(=O)N(C)[C@]2(O)c2ccc(OC)c(OC)c2)cc1OC. The fraction of sp³-hybridized carbons (Fsp3) is 0.350. The van der Waals surface area contributed by atoms with Gasteiger partial charge in [0.15, 0.2) is 29.1 Å². The normalized spacial score (nSPS) is 21.3. The van der Waals surface area contributed by atoms with Crippen LogP contribution in [0.1, 0.15) is 17.2 Å². The van der Waals surface area contributed by atoms with Gasteiger partial charge in [-0.25, -0.2) is 4.79 Å². The number of hydrogen-bond acceptors (Lipinski definition) is 7. The number of amides is 1. The molecule has 1 aliphatic rings. The van der Waals surface area contributed by atoms with Crippen molar-refractivity contribution in [2.45, 2.75) is 11.8 Å². The summed E-state index contributed by atoms with van der Waals surface area (Å²) in [5, 5.41) is 11.6. The number of methoxy groups -OCH3 is 4. The third-order valence-corrected chi connectivity index (χ3v) is 4.89. The molecule has 1 aliphatic heterocycles. The van der Waals surface area contributed by atoms with Gasteiger partial charge < -0.3 is 28.8 Å². The van der Waals surface area contributed by atoms with Crippen molar-refractivity contribution in [1.29, 1.82) is 0 Å². The van der Waals surface area contributed by atoms with Gasteiger partial charge in [-0.05, 0) is 24.3 Å². The molecule has 2 aromatic carbocycles. The molecule has 28 heavy (non-hydrogen) atoms. The molecule has 3 rings (SSSR count). The van der Waals surface area contributed by atoms with Gasteiger partial charge in [0.05, 0.1) is 28.4 Å². The van der Waals surface area contributed by atoms with E-state index in [-0.39, 0.29) is 0 Å². The fourth-order valence-electron chi connectivity index (χ4n) is 3.30. The lowest BCUT2D eigenvalue weighted by molar-refractivity contribution is -0.101. The Morgan fingerprint density at radius 1 is 0.893 bits per heavy atom. The third-order valence-electron chi connectivity index (χ3n) is 4.89. The number of carbonyl (C=O) groups is 1. The van der Waals surface area contributed by atoms with Crippen molar-refractivity contribution in [2.75, 3.05) is 35.5 Å². The predicted octanol–water partition coefficient (Wildman–Crippen LogP) is 2.69. The van der Waals surface area contributed by atoms with Crippen molar-refractivity contribution in [2.24, 2.45) is 0 Å². The van der Waals surface area contributed by atoms with Crippen LogP contribution < -0.4 is 18.9 Å². The lowest BCUT2D eigenvalue weighted by atomic mass is 9.91. The Morgan fingerprint density at radius 3 is 2.00 bits per heavy atom. The molecule has 0 aromatic heterocycles. The molecule has 1 saturated heterocycles. The van der Waals surface area contributed by atoms with Crippen LogP contribution in [0.5, 0.6) is 23.0 Å². The van der Waals surface area contributed by atoms with E-state index in [1.807, 2.05) is 0 Å². The van der Waals surface area contributed by atoms with E-state index in [0.717, 1.165) is 4.90 Å². The second-order valence-corrected chi connectivity index (χ2v) is 6.23. The highest BCUT2D eigenvalue weighted by molar-refractivity contribution is 5.72. The number of ether oxygens (including phenoxy) is 5. The van der Waals surface area contributed by atoms with E-state index in [9.17, 15) is 9.90 Å². The van der Waals surface area contributed by atoms with E-state index in [2.05, 4.69) is 0 Å².